The van der Waals surface area contributed by atoms with Gasteiger partial charge in [0, 0.05) is 15.3 Å². The van der Waals surface area contributed by atoms with Gasteiger partial charge in [0.1, 0.15) is 5.76 Å². The van der Waals surface area contributed by atoms with Gasteiger partial charge in [-0.2, -0.15) is 10.2 Å². The van der Waals surface area contributed by atoms with Gasteiger partial charge in [0.05, 0.1) is 24.4 Å². The standard InChI is InChI=1S/C22H18N4O4S2/c1-14-20(21(27)25-32(2,28)29)24-22(30-14)26(17-9-7-15(12-23)8-10-17)13-18-11-16-5-3-4-6-19(16)31-18/h3-11H,13H2,1-2H3,(H,25,27). The molecular weight excluding hydrogens is 448 g/mol. The smallest absolute Gasteiger partial charge is 0.303 e. The number of carbonyl (C=O) groups is 1. The Labute approximate surface area is 188 Å². The van der Waals surface area contributed by atoms with Gasteiger partial charge in [-0.3, -0.25) is 9.69 Å². The Morgan fingerprint density at radius 2 is 1.94 bits per heavy atom. The van der Waals surface area contributed by atoms with E-state index in [1.54, 1.807) is 47.4 Å². The molecule has 32 heavy (non-hydrogen) atoms. The van der Waals surface area contributed by atoms with E-state index in [1.807, 2.05) is 29.0 Å². The maximum atomic E-state index is 12.3. The number of aryl methyl sites for hydroxylation is 1. The van der Waals surface area contributed by atoms with Crippen LogP contribution in [0, 0.1) is 18.3 Å². The van der Waals surface area contributed by atoms with E-state index in [0.717, 1.165) is 21.2 Å². The lowest BCUT2D eigenvalue weighted by Crippen LogP contribution is -2.30. The molecule has 0 radical (unpaired) electrons. The molecule has 2 heterocycles. The van der Waals surface area contributed by atoms with Gasteiger partial charge in [-0.25, -0.2) is 13.1 Å². The molecule has 0 unspecified atom stereocenters. The Hall–Kier alpha value is -3.68. The summed E-state index contributed by atoms with van der Waals surface area (Å²) in [6, 6.07) is 19.2. The number of nitrogens with one attached hydrogen (secondary N) is 1. The van der Waals surface area contributed by atoms with E-state index >= 15 is 0 Å². The average Bonchev–Trinajstić information content (AvgIpc) is 3.33. The molecule has 2 aromatic heterocycles. The first kappa shape index (κ1) is 21.5. The van der Waals surface area contributed by atoms with E-state index in [4.69, 9.17) is 9.68 Å². The molecule has 0 saturated carbocycles. The minimum Gasteiger partial charge on any atom is -0.428 e. The molecule has 1 N–H and O–H groups in total. The first-order valence-corrected chi connectivity index (χ1v) is 12.2. The molecule has 0 saturated heterocycles. The second kappa shape index (κ2) is 8.45. The second-order valence-corrected chi connectivity index (χ2v) is 10.0. The summed E-state index contributed by atoms with van der Waals surface area (Å²) < 4.78 is 31.7. The molecule has 2 aromatic carbocycles. The number of anilines is 2. The molecular formula is C22H18N4O4S2. The van der Waals surface area contributed by atoms with Crippen LogP contribution in [0.15, 0.2) is 59.0 Å². The summed E-state index contributed by atoms with van der Waals surface area (Å²) in [5, 5.41) is 10.2. The van der Waals surface area contributed by atoms with Crippen molar-refractivity contribution in [2.75, 3.05) is 11.2 Å². The number of sulfonamides is 1. The normalized spacial score (nSPS) is 11.3. The predicted octanol–water partition coefficient (Wildman–Crippen LogP) is 4.10. The number of fused-ring (bicyclic) bond motifs is 1. The summed E-state index contributed by atoms with van der Waals surface area (Å²) in [4.78, 5) is 19.4. The van der Waals surface area contributed by atoms with E-state index < -0.39 is 15.9 Å². The third kappa shape index (κ3) is 4.64. The monoisotopic (exact) mass is 466 g/mol. The molecule has 162 valence electrons. The van der Waals surface area contributed by atoms with Crippen molar-refractivity contribution in [2.24, 2.45) is 0 Å². The van der Waals surface area contributed by atoms with Crippen molar-refractivity contribution in [3.8, 4) is 6.07 Å². The van der Waals surface area contributed by atoms with Gasteiger partial charge in [-0.1, -0.05) is 18.2 Å². The van der Waals surface area contributed by atoms with Crippen LogP contribution >= 0.6 is 11.3 Å². The molecule has 0 aliphatic carbocycles. The molecule has 4 rings (SSSR count). The first-order valence-electron chi connectivity index (χ1n) is 9.48. The molecule has 0 spiro atoms. The van der Waals surface area contributed by atoms with Gasteiger partial charge < -0.3 is 4.42 Å². The first-order chi connectivity index (χ1) is 15.2. The van der Waals surface area contributed by atoms with Crippen LogP contribution in [0.1, 0.15) is 26.7 Å². The van der Waals surface area contributed by atoms with Crippen molar-refractivity contribution < 1.29 is 17.6 Å². The lowest BCUT2D eigenvalue weighted by molar-refractivity contribution is 0.0976. The van der Waals surface area contributed by atoms with E-state index in [0.29, 0.717) is 17.8 Å². The molecule has 0 bridgehead atoms. The number of benzene rings is 2. The van der Waals surface area contributed by atoms with Crippen LogP contribution in [0.5, 0.6) is 0 Å². The number of carbonyl (C=O) groups excluding carboxylic acids is 1. The van der Waals surface area contributed by atoms with Gasteiger partial charge in [-0.15, -0.1) is 11.3 Å². The zero-order chi connectivity index (χ0) is 22.9. The third-order valence-corrected chi connectivity index (χ3v) is 6.26. The molecule has 0 aliphatic heterocycles. The van der Waals surface area contributed by atoms with Gasteiger partial charge in [0.25, 0.3) is 5.91 Å². The number of aromatic nitrogens is 1. The van der Waals surface area contributed by atoms with Crippen LogP contribution in [0.25, 0.3) is 10.1 Å². The lowest BCUT2D eigenvalue weighted by atomic mass is 10.2. The minimum atomic E-state index is -3.75. The zero-order valence-electron chi connectivity index (χ0n) is 17.2. The Bertz CT molecular complexity index is 1410. The van der Waals surface area contributed by atoms with Crippen LogP contribution in [0.3, 0.4) is 0 Å². The van der Waals surface area contributed by atoms with Gasteiger partial charge in [-0.05, 0) is 48.7 Å². The van der Waals surface area contributed by atoms with E-state index in [9.17, 15) is 13.2 Å². The van der Waals surface area contributed by atoms with Crippen LogP contribution in [-0.4, -0.2) is 25.6 Å². The van der Waals surface area contributed by atoms with E-state index in [1.165, 1.54) is 0 Å². The number of hydrogen-bond donors (Lipinski definition) is 1. The Kier molecular flexibility index (Phi) is 5.69. The summed E-state index contributed by atoms with van der Waals surface area (Å²) in [5.41, 5.74) is 1.10. The SMILES string of the molecule is Cc1oc(N(Cc2cc3ccccc3s2)c2ccc(C#N)cc2)nc1C(=O)NS(C)(=O)=O. The minimum absolute atomic E-state index is 0.111. The van der Waals surface area contributed by atoms with Crippen molar-refractivity contribution in [2.45, 2.75) is 13.5 Å². The number of nitriles is 1. The average molecular weight is 467 g/mol. The van der Waals surface area contributed by atoms with Crippen molar-refractivity contribution in [1.82, 2.24) is 9.71 Å². The lowest BCUT2D eigenvalue weighted by Gasteiger charge is -2.20. The summed E-state index contributed by atoms with van der Waals surface area (Å²) >= 11 is 1.63. The highest BCUT2D eigenvalue weighted by molar-refractivity contribution is 7.89. The van der Waals surface area contributed by atoms with Crippen molar-refractivity contribution in [3.05, 3.63) is 76.5 Å². The van der Waals surface area contributed by atoms with Crippen LogP contribution < -0.4 is 9.62 Å². The largest absolute Gasteiger partial charge is 0.428 e. The zero-order valence-corrected chi connectivity index (χ0v) is 18.8. The number of oxazole rings is 1. The topological polar surface area (TPSA) is 116 Å². The molecule has 8 nitrogen and oxygen atoms in total. The van der Waals surface area contributed by atoms with Gasteiger partial charge in [0.2, 0.25) is 10.0 Å². The second-order valence-electron chi connectivity index (χ2n) is 7.10. The quantitative estimate of drug-likeness (QED) is 0.455. The molecule has 0 atom stereocenters. The van der Waals surface area contributed by atoms with Crippen molar-refractivity contribution in [3.63, 3.8) is 0 Å². The molecule has 0 fully saturated rings. The molecule has 4 aromatic rings. The number of thiophene rings is 1. The Balaban J connectivity index is 1.74. The summed E-state index contributed by atoms with van der Waals surface area (Å²) in [5.74, 6) is -0.669. The third-order valence-electron chi connectivity index (χ3n) is 4.61. The van der Waals surface area contributed by atoms with E-state index in [2.05, 4.69) is 17.1 Å². The maximum absolute atomic E-state index is 12.3. The van der Waals surface area contributed by atoms with Crippen molar-refractivity contribution in [1.29, 1.82) is 5.26 Å². The van der Waals surface area contributed by atoms with Gasteiger partial charge in [0.15, 0.2) is 5.69 Å². The molecule has 10 heteroatoms. The van der Waals surface area contributed by atoms with E-state index in [-0.39, 0.29) is 17.5 Å². The highest BCUT2D eigenvalue weighted by Gasteiger charge is 2.24. The number of amides is 1. The van der Waals surface area contributed by atoms with Gasteiger partial charge >= 0.3 is 6.01 Å². The molecule has 1 amide bonds. The van der Waals surface area contributed by atoms with Crippen LogP contribution in [-0.2, 0) is 16.6 Å². The van der Waals surface area contributed by atoms with Crippen molar-refractivity contribution >= 4 is 49.1 Å². The summed E-state index contributed by atoms with van der Waals surface area (Å²) in [6.45, 7) is 1.95. The Morgan fingerprint density at radius 3 is 2.59 bits per heavy atom. The number of hydrogen-bond acceptors (Lipinski definition) is 8. The highest BCUT2D eigenvalue weighted by Crippen LogP contribution is 2.33. The number of rotatable bonds is 6. The summed E-state index contributed by atoms with van der Waals surface area (Å²) in [6.07, 6.45) is 0.895. The maximum Gasteiger partial charge on any atom is 0.303 e. The fourth-order valence-electron chi connectivity index (χ4n) is 3.18. The number of nitrogens with zero attached hydrogens (tertiary/aromatic N) is 3. The fraction of sp³-hybridized carbons (Fsp3) is 0.136. The van der Waals surface area contributed by atoms with Crippen LogP contribution in [0.4, 0.5) is 11.7 Å². The summed E-state index contributed by atoms with van der Waals surface area (Å²) in [7, 11) is -3.75. The predicted molar refractivity (Wildman–Crippen MR) is 122 cm³/mol. The Morgan fingerprint density at radius 1 is 1.22 bits per heavy atom. The fourth-order valence-corrected chi connectivity index (χ4v) is 4.67. The molecule has 0 aliphatic rings. The van der Waals surface area contributed by atoms with Crippen LogP contribution in [0.2, 0.25) is 0 Å². The highest BCUT2D eigenvalue weighted by atomic mass is 32.2.